The number of aliphatic hydroxyl groups is 1. The topological polar surface area (TPSA) is 74.2 Å². The van der Waals surface area contributed by atoms with E-state index in [9.17, 15) is 9.90 Å². The molecule has 3 aromatic carbocycles. The van der Waals surface area contributed by atoms with Gasteiger partial charge in [0.15, 0.2) is 17.0 Å². The zero-order chi connectivity index (χ0) is 23.9. The minimum absolute atomic E-state index is 0.130. The second-order valence-electron chi connectivity index (χ2n) is 8.53. The minimum Gasteiger partial charge on any atom is -0.497 e. The molecule has 1 unspecified atom stereocenters. The minimum atomic E-state index is -1.94. The van der Waals surface area contributed by atoms with Gasteiger partial charge in [0.25, 0.3) is 0 Å². The lowest BCUT2D eigenvalue weighted by Crippen LogP contribution is -2.50. The maximum absolute atomic E-state index is 13.8. The quantitative estimate of drug-likeness (QED) is 0.550. The van der Waals surface area contributed by atoms with Crippen molar-refractivity contribution in [2.75, 3.05) is 20.3 Å². The van der Waals surface area contributed by atoms with Crippen LogP contribution in [0.3, 0.4) is 0 Å². The molecule has 1 aliphatic carbocycles. The molecule has 5 rings (SSSR count). The van der Waals surface area contributed by atoms with Crippen LogP contribution < -0.4 is 18.9 Å². The van der Waals surface area contributed by atoms with Crippen LogP contribution in [0, 0.1) is 0 Å². The maximum atomic E-state index is 13.8. The number of carbonyl (C=O) groups is 1. The standard InChI is InChI=1S/C28H28O6/c1-4-32-21-15-23(33-5-2)26-24(16-21)34-28(19-11-13-20(31-3)14-12-19)22(17-25(29)27(26,28)30)18-9-7-6-8-10-18/h6-16,22,30H,4-5,17H2,1-3H3/t22?,27-,28+/m1/s1. The molecule has 1 saturated carbocycles. The molecule has 1 heterocycles. The van der Waals surface area contributed by atoms with Crippen LogP contribution in [0.5, 0.6) is 23.0 Å². The molecule has 176 valence electrons. The van der Waals surface area contributed by atoms with Gasteiger partial charge in [-0.05, 0) is 31.5 Å². The van der Waals surface area contributed by atoms with Crippen molar-refractivity contribution in [2.45, 2.75) is 37.4 Å². The van der Waals surface area contributed by atoms with E-state index in [0.29, 0.717) is 47.3 Å². The van der Waals surface area contributed by atoms with Crippen LogP contribution in [0.1, 0.15) is 42.9 Å². The lowest BCUT2D eigenvalue weighted by molar-refractivity contribution is -0.151. The molecule has 0 bridgehead atoms. The lowest BCUT2D eigenvalue weighted by Gasteiger charge is -2.39. The van der Waals surface area contributed by atoms with Gasteiger partial charge in [-0.3, -0.25) is 4.79 Å². The molecule has 3 atom stereocenters. The van der Waals surface area contributed by atoms with E-state index in [2.05, 4.69) is 0 Å². The molecule has 0 saturated heterocycles. The highest BCUT2D eigenvalue weighted by atomic mass is 16.5. The molecular weight excluding hydrogens is 432 g/mol. The zero-order valence-corrected chi connectivity index (χ0v) is 19.5. The van der Waals surface area contributed by atoms with Crippen molar-refractivity contribution in [3.63, 3.8) is 0 Å². The Bertz CT molecular complexity index is 1210. The van der Waals surface area contributed by atoms with E-state index in [-0.39, 0.29) is 12.2 Å². The van der Waals surface area contributed by atoms with Gasteiger partial charge in [-0.2, -0.15) is 0 Å². The summed E-state index contributed by atoms with van der Waals surface area (Å²) in [6.07, 6.45) is 0.130. The van der Waals surface area contributed by atoms with Crippen molar-refractivity contribution in [1.29, 1.82) is 0 Å². The van der Waals surface area contributed by atoms with E-state index < -0.39 is 17.1 Å². The van der Waals surface area contributed by atoms with Crippen molar-refractivity contribution in [3.05, 3.63) is 83.4 Å². The molecule has 3 aromatic rings. The summed E-state index contributed by atoms with van der Waals surface area (Å²) < 4.78 is 23.7. The number of hydrogen-bond acceptors (Lipinski definition) is 6. The first-order valence-electron chi connectivity index (χ1n) is 11.6. The number of fused-ring (bicyclic) bond motifs is 3. The van der Waals surface area contributed by atoms with Crippen LogP contribution in [0.15, 0.2) is 66.7 Å². The first-order chi connectivity index (χ1) is 16.5. The Morgan fingerprint density at radius 3 is 2.32 bits per heavy atom. The van der Waals surface area contributed by atoms with Crippen LogP contribution in [0.4, 0.5) is 0 Å². The highest BCUT2D eigenvalue weighted by Crippen LogP contribution is 2.67. The smallest absolute Gasteiger partial charge is 0.200 e. The van der Waals surface area contributed by atoms with Gasteiger partial charge in [-0.25, -0.2) is 0 Å². The Morgan fingerprint density at radius 2 is 1.68 bits per heavy atom. The average molecular weight is 461 g/mol. The van der Waals surface area contributed by atoms with Gasteiger partial charge >= 0.3 is 0 Å². The second kappa shape index (κ2) is 8.37. The van der Waals surface area contributed by atoms with Gasteiger partial charge in [-0.1, -0.05) is 42.5 Å². The van der Waals surface area contributed by atoms with Gasteiger partial charge < -0.3 is 24.1 Å². The molecule has 1 fully saturated rings. The fourth-order valence-electron chi connectivity index (χ4n) is 5.45. The third-order valence-electron chi connectivity index (χ3n) is 6.83. The Hall–Kier alpha value is -3.51. The molecule has 0 spiro atoms. The summed E-state index contributed by atoms with van der Waals surface area (Å²) in [7, 11) is 1.60. The zero-order valence-electron chi connectivity index (χ0n) is 19.5. The molecule has 2 aliphatic rings. The van der Waals surface area contributed by atoms with Crippen LogP contribution in [-0.2, 0) is 16.0 Å². The summed E-state index contributed by atoms with van der Waals surface area (Å²) in [4.78, 5) is 13.8. The van der Waals surface area contributed by atoms with E-state index in [1.807, 2.05) is 68.4 Å². The predicted octanol–water partition coefficient (Wildman–Crippen LogP) is 4.72. The van der Waals surface area contributed by atoms with Crippen molar-refractivity contribution in [1.82, 2.24) is 0 Å². The fourth-order valence-corrected chi connectivity index (χ4v) is 5.45. The van der Waals surface area contributed by atoms with Gasteiger partial charge in [0.2, 0.25) is 0 Å². The molecule has 0 radical (unpaired) electrons. The van der Waals surface area contributed by atoms with Gasteiger partial charge in [0.1, 0.15) is 23.0 Å². The lowest BCUT2D eigenvalue weighted by atomic mass is 9.71. The van der Waals surface area contributed by atoms with E-state index in [1.165, 1.54) is 0 Å². The normalized spacial score (nSPS) is 24.8. The first kappa shape index (κ1) is 22.3. The fraction of sp³-hybridized carbons (Fsp3) is 0.321. The molecule has 0 amide bonds. The average Bonchev–Trinajstić information content (AvgIpc) is 3.25. The van der Waals surface area contributed by atoms with Crippen LogP contribution in [0.25, 0.3) is 0 Å². The van der Waals surface area contributed by atoms with Crippen LogP contribution in [0.2, 0.25) is 0 Å². The number of ether oxygens (including phenoxy) is 4. The van der Waals surface area contributed by atoms with Crippen molar-refractivity contribution >= 4 is 5.78 Å². The number of Topliss-reactive ketones (excluding diaryl/α,β-unsaturated/α-hetero) is 1. The Kier molecular flexibility index (Phi) is 5.48. The van der Waals surface area contributed by atoms with E-state index >= 15 is 0 Å². The Morgan fingerprint density at radius 1 is 0.971 bits per heavy atom. The monoisotopic (exact) mass is 460 g/mol. The Labute approximate surface area is 199 Å². The first-order valence-corrected chi connectivity index (χ1v) is 11.6. The number of ketones is 1. The number of benzene rings is 3. The Balaban J connectivity index is 1.79. The predicted molar refractivity (Wildman–Crippen MR) is 127 cm³/mol. The van der Waals surface area contributed by atoms with Gasteiger partial charge in [0.05, 0.1) is 25.9 Å². The molecule has 34 heavy (non-hydrogen) atoms. The molecule has 0 aromatic heterocycles. The van der Waals surface area contributed by atoms with Crippen LogP contribution in [-0.4, -0.2) is 31.2 Å². The van der Waals surface area contributed by atoms with Crippen LogP contribution >= 0.6 is 0 Å². The summed E-state index contributed by atoms with van der Waals surface area (Å²) in [6, 6.07) is 20.5. The molecule has 1 N–H and O–H groups in total. The highest BCUT2D eigenvalue weighted by Gasteiger charge is 2.74. The summed E-state index contributed by atoms with van der Waals surface area (Å²) >= 11 is 0. The van der Waals surface area contributed by atoms with E-state index in [4.69, 9.17) is 18.9 Å². The molecule has 1 aliphatic heterocycles. The van der Waals surface area contributed by atoms with E-state index in [0.717, 1.165) is 5.56 Å². The highest BCUT2D eigenvalue weighted by molar-refractivity contribution is 5.97. The van der Waals surface area contributed by atoms with Crippen molar-refractivity contribution in [3.8, 4) is 23.0 Å². The molecular formula is C28H28O6. The number of carbonyl (C=O) groups excluding carboxylic acids is 1. The van der Waals surface area contributed by atoms with Crippen molar-refractivity contribution < 1.29 is 28.8 Å². The van der Waals surface area contributed by atoms with Crippen molar-refractivity contribution in [2.24, 2.45) is 0 Å². The third-order valence-corrected chi connectivity index (χ3v) is 6.83. The second-order valence-corrected chi connectivity index (χ2v) is 8.53. The summed E-state index contributed by atoms with van der Waals surface area (Å²) in [6.45, 7) is 4.58. The number of methoxy groups -OCH3 is 1. The summed E-state index contributed by atoms with van der Waals surface area (Å²) in [5.74, 6) is 1.29. The SMILES string of the molecule is CCOc1cc(OCC)c2c(c1)O[C@@]1(c3ccc(OC)cc3)C(c3ccccc3)CC(=O)[C@@]21O. The summed E-state index contributed by atoms with van der Waals surface area (Å²) in [5.41, 5.74) is -1.36. The largest absolute Gasteiger partial charge is 0.497 e. The number of rotatable bonds is 7. The van der Waals surface area contributed by atoms with E-state index in [1.54, 1.807) is 19.2 Å². The number of hydrogen-bond donors (Lipinski definition) is 1. The molecule has 6 nitrogen and oxygen atoms in total. The molecule has 6 heteroatoms. The van der Waals surface area contributed by atoms with Gasteiger partial charge in [-0.15, -0.1) is 0 Å². The van der Waals surface area contributed by atoms with Gasteiger partial charge in [0, 0.05) is 30.0 Å². The third kappa shape index (κ3) is 3.02. The maximum Gasteiger partial charge on any atom is 0.200 e. The summed E-state index contributed by atoms with van der Waals surface area (Å²) in [5, 5.41) is 12.4.